The highest BCUT2D eigenvalue weighted by Gasteiger charge is 2.62. The van der Waals surface area contributed by atoms with Crippen molar-refractivity contribution in [1.82, 2.24) is 0 Å². The van der Waals surface area contributed by atoms with Crippen LogP contribution in [0.5, 0.6) is 0 Å². The topological polar surface area (TPSA) is 46.5 Å². The number of hydrogen-bond acceptors (Lipinski definition) is 3. The van der Waals surface area contributed by atoms with Crippen molar-refractivity contribution in [3.63, 3.8) is 0 Å². The van der Waals surface area contributed by atoms with Crippen LogP contribution in [0.1, 0.15) is 69.7 Å². The number of fused-ring (bicyclic) bond motifs is 4. The lowest BCUT2D eigenvalue weighted by Gasteiger charge is -2.58. The quantitative estimate of drug-likeness (QED) is 0.800. The number of rotatable bonds is 2. The van der Waals surface area contributed by atoms with Crippen LogP contribution in [0.25, 0.3) is 0 Å². The SMILES string of the molecule is CC12CC[C@@H]3[C@H](CC3(C)C)C(O)(CCC1OC(=O)c1ccccc1)C2. The predicted octanol–water partition coefficient (Wildman–Crippen LogP) is 4.59. The summed E-state index contributed by atoms with van der Waals surface area (Å²) in [5.41, 5.74) is 0.262. The molecule has 3 nitrogen and oxygen atoms in total. The number of ether oxygens (including phenoxy) is 1. The molecule has 2 bridgehead atoms. The van der Waals surface area contributed by atoms with E-state index in [4.69, 9.17) is 4.74 Å². The number of benzene rings is 1. The van der Waals surface area contributed by atoms with E-state index in [0.717, 1.165) is 38.5 Å². The molecule has 0 heterocycles. The summed E-state index contributed by atoms with van der Waals surface area (Å²) in [4.78, 5) is 12.5. The Morgan fingerprint density at radius 3 is 2.48 bits per heavy atom. The van der Waals surface area contributed by atoms with Crippen molar-refractivity contribution >= 4 is 5.97 Å². The lowest BCUT2D eigenvalue weighted by molar-refractivity contribution is -0.177. The van der Waals surface area contributed by atoms with Crippen molar-refractivity contribution in [2.45, 2.75) is 71.0 Å². The number of carbonyl (C=O) groups excluding carboxylic acids is 1. The summed E-state index contributed by atoms with van der Waals surface area (Å²) in [5, 5.41) is 11.4. The largest absolute Gasteiger partial charge is 0.458 e. The highest BCUT2D eigenvalue weighted by atomic mass is 16.5. The molecule has 1 aromatic carbocycles. The fourth-order valence-corrected chi connectivity index (χ4v) is 6.06. The van der Waals surface area contributed by atoms with Crippen molar-refractivity contribution in [3.8, 4) is 0 Å². The van der Waals surface area contributed by atoms with Crippen LogP contribution in [0.4, 0.5) is 0 Å². The zero-order chi connectivity index (χ0) is 17.9. The number of aliphatic hydroxyl groups is 1. The molecule has 3 aliphatic rings. The second-order valence-electron chi connectivity index (χ2n) is 9.68. The second-order valence-corrected chi connectivity index (χ2v) is 9.68. The molecule has 0 amide bonds. The molecule has 136 valence electrons. The third kappa shape index (κ3) is 2.71. The maximum atomic E-state index is 12.5. The zero-order valence-electron chi connectivity index (χ0n) is 15.6. The Balaban J connectivity index is 1.54. The monoisotopic (exact) mass is 342 g/mol. The Hall–Kier alpha value is -1.35. The van der Waals surface area contributed by atoms with E-state index in [9.17, 15) is 9.90 Å². The fourth-order valence-electron chi connectivity index (χ4n) is 6.06. The van der Waals surface area contributed by atoms with Crippen LogP contribution in [0, 0.1) is 22.7 Å². The second kappa shape index (κ2) is 5.57. The van der Waals surface area contributed by atoms with Crippen LogP contribution < -0.4 is 0 Å². The maximum Gasteiger partial charge on any atom is 0.338 e. The van der Waals surface area contributed by atoms with Gasteiger partial charge in [0, 0.05) is 5.41 Å². The molecule has 0 spiro atoms. The number of hydrogen-bond donors (Lipinski definition) is 1. The molecule has 3 aliphatic carbocycles. The Morgan fingerprint density at radius 2 is 1.80 bits per heavy atom. The highest BCUT2D eigenvalue weighted by Crippen LogP contribution is 2.65. The van der Waals surface area contributed by atoms with Crippen molar-refractivity contribution in [2.24, 2.45) is 22.7 Å². The molecule has 3 heteroatoms. The first kappa shape index (κ1) is 17.1. The van der Waals surface area contributed by atoms with Gasteiger partial charge in [-0.3, -0.25) is 0 Å². The van der Waals surface area contributed by atoms with Gasteiger partial charge in [-0.1, -0.05) is 39.0 Å². The molecule has 0 radical (unpaired) electrons. The Labute approximate surface area is 150 Å². The standard InChI is InChI=1S/C22H30O3/c1-20(2)13-17-16(20)9-11-21(3)14-22(17,24)12-10-18(21)25-19(23)15-7-5-4-6-8-15/h4-8,16-18,24H,9-14H2,1-3H3/t16-,17+,18?,21?,22?/m1/s1. The molecule has 0 aliphatic heterocycles. The Morgan fingerprint density at radius 1 is 1.08 bits per heavy atom. The van der Waals surface area contributed by atoms with E-state index in [2.05, 4.69) is 20.8 Å². The maximum absolute atomic E-state index is 12.5. The van der Waals surface area contributed by atoms with E-state index in [1.807, 2.05) is 18.2 Å². The minimum atomic E-state index is -0.568. The predicted molar refractivity (Wildman–Crippen MR) is 97.2 cm³/mol. The average Bonchev–Trinajstić information content (AvgIpc) is 2.63. The summed E-state index contributed by atoms with van der Waals surface area (Å²) >= 11 is 0. The molecular weight excluding hydrogens is 312 g/mol. The summed E-state index contributed by atoms with van der Waals surface area (Å²) in [6, 6.07) is 9.24. The number of carbonyl (C=O) groups is 1. The molecule has 5 atom stereocenters. The van der Waals surface area contributed by atoms with E-state index in [0.29, 0.717) is 22.8 Å². The smallest absolute Gasteiger partial charge is 0.338 e. The normalized spacial score (nSPS) is 41.8. The summed E-state index contributed by atoms with van der Waals surface area (Å²) < 4.78 is 5.96. The molecular formula is C22H30O3. The molecule has 4 rings (SSSR count). The molecule has 1 aromatic rings. The molecule has 3 fully saturated rings. The third-order valence-corrected chi connectivity index (χ3v) is 7.54. The van der Waals surface area contributed by atoms with Gasteiger partial charge in [0.1, 0.15) is 6.10 Å². The Bertz CT molecular complexity index is 667. The number of esters is 1. The summed E-state index contributed by atoms with van der Waals surface area (Å²) in [6.45, 7) is 6.89. The van der Waals surface area contributed by atoms with Crippen LogP contribution >= 0.6 is 0 Å². The van der Waals surface area contributed by atoms with Gasteiger partial charge in [0.15, 0.2) is 0 Å². The van der Waals surface area contributed by atoms with Crippen molar-refractivity contribution in [2.75, 3.05) is 0 Å². The van der Waals surface area contributed by atoms with Gasteiger partial charge >= 0.3 is 5.97 Å². The summed E-state index contributed by atoms with van der Waals surface area (Å²) in [5.74, 6) is 0.794. The van der Waals surface area contributed by atoms with Gasteiger partial charge in [-0.05, 0) is 67.9 Å². The molecule has 3 saturated carbocycles. The van der Waals surface area contributed by atoms with E-state index in [-0.39, 0.29) is 17.5 Å². The van der Waals surface area contributed by atoms with Crippen LogP contribution in [0.3, 0.4) is 0 Å². The molecule has 0 saturated heterocycles. The van der Waals surface area contributed by atoms with Crippen molar-refractivity contribution in [1.29, 1.82) is 0 Å². The van der Waals surface area contributed by atoms with Gasteiger partial charge in [0.2, 0.25) is 0 Å². The zero-order valence-corrected chi connectivity index (χ0v) is 15.6. The molecule has 25 heavy (non-hydrogen) atoms. The lowest BCUT2D eigenvalue weighted by Crippen LogP contribution is -2.58. The first-order chi connectivity index (χ1) is 11.7. The van der Waals surface area contributed by atoms with E-state index >= 15 is 0 Å². The highest BCUT2D eigenvalue weighted by molar-refractivity contribution is 5.89. The van der Waals surface area contributed by atoms with Gasteiger partial charge in [-0.15, -0.1) is 0 Å². The Kier molecular flexibility index (Phi) is 3.81. The summed E-state index contributed by atoms with van der Waals surface area (Å²) in [6.07, 6.45) is 5.49. The van der Waals surface area contributed by atoms with Gasteiger partial charge in [0.05, 0.1) is 11.2 Å². The van der Waals surface area contributed by atoms with Gasteiger partial charge in [-0.2, -0.15) is 0 Å². The summed E-state index contributed by atoms with van der Waals surface area (Å²) in [7, 11) is 0. The minimum absolute atomic E-state index is 0.0962. The van der Waals surface area contributed by atoms with Crippen LogP contribution in [0.2, 0.25) is 0 Å². The van der Waals surface area contributed by atoms with Crippen molar-refractivity contribution in [3.05, 3.63) is 35.9 Å². The molecule has 0 aromatic heterocycles. The van der Waals surface area contributed by atoms with Crippen molar-refractivity contribution < 1.29 is 14.6 Å². The molecule has 1 N–H and O–H groups in total. The van der Waals surface area contributed by atoms with E-state index in [1.165, 1.54) is 0 Å². The first-order valence-corrected chi connectivity index (χ1v) is 9.72. The van der Waals surface area contributed by atoms with Crippen LogP contribution in [-0.4, -0.2) is 22.8 Å². The minimum Gasteiger partial charge on any atom is -0.458 e. The lowest BCUT2D eigenvalue weighted by atomic mass is 9.49. The van der Waals surface area contributed by atoms with Gasteiger partial charge < -0.3 is 9.84 Å². The van der Waals surface area contributed by atoms with E-state index < -0.39 is 5.60 Å². The third-order valence-electron chi connectivity index (χ3n) is 7.54. The molecule has 3 unspecified atom stereocenters. The fraction of sp³-hybridized carbons (Fsp3) is 0.682. The van der Waals surface area contributed by atoms with Crippen LogP contribution in [0.15, 0.2) is 30.3 Å². The van der Waals surface area contributed by atoms with Crippen LogP contribution in [-0.2, 0) is 4.74 Å². The van der Waals surface area contributed by atoms with Gasteiger partial charge in [-0.25, -0.2) is 4.79 Å². The van der Waals surface area contributed by atoms with Gasteiger partial charge in [0.25, 0.3) is 0 Å². The first-order valence-electron chi connectivity index (χ1n) is 9.72. The van der Waals surface area contributed by atoms with E-state index in [1.54, 1.807) is 12.1 Å². The average molecular weight is 342 g/mol.